The summed E-state index contributed by atoms with van der Waals surface area (Å²) in [5.74, 6) is -2.31. The van der Waals surface area contributed by atoms with Crippen LogP contribution in [0.3, 0.4) is 0 Å². The number of aromatic nitrogens is 2. The summed E-state index contributed by atoms with van der Waals surface area (Å²) in [5, 5.41) is 12.5. The highest BCUT2D eigenvalue weighted by atomic mass is 35.5. The lowest BCUT2D eigenvalue weighted by molar-refractivity contribution is -0.192. The summed E-state index contributed by atoms with van der Waals surface area (Å²) < 4.78 is 65.8. The van der Waals surface area contributed by atoms with Gasteiger partial charge in [0.1, 0.15) is 21.5 Å². The van der Waals surface area contributed by atoms with E-state index in [9.17, 15) is 26.4 Å². The van der Waals surface area contributed by atoms with Crippen molar-refractivity contribution in [3.05, 3.63) is 75.8 Å². The largest absolute Gasteiger partial charge is 0.496 e. The SMILES string of the molecule is COc1cccc2c1c(CS(=O)(=O)c1ccc(Cl)s1)nn2Cc1cccc(CCC(=O)CCN)c1.O=C(O)C(F)(F)F. The average molecular weight is 646 g/mol. The third kappa shape index (κ3) is 8.77. The molecule has 0 amide bonds. The molecule has 0 saturated carbocycles. The molecule has 3 N–H and O–H groups in total. The van der Waals surface area contributed by atoms with E-state index in [2.05, 4.69) is 0 Å². The number of carbonyl (C=O) groups excluding carboxylic acids is 1. The molecule has 0 aliphatic carbocycles. The first-order valence-corrected chi connectivity index (χ1v) is 15.2. The smallest absolute Gasteiger partial charge is 0.490 e. The van der Waals surface area contributed by atoms with Gasteiger partial charge in [0.05, 0.1) is 34.6 Å². The maximum absolute atomic E-state index is 13.1. The maximum Gasteiger partial charge on any atom is 0.490 e. The number of methoxy groups -OCH3 is 1. The predicted octanol–water partition coefficient (Wildman–Crippen LogP) is 5.27. The number of Topliss-reactive ketones (excluding diaryl/α,β-unsaturated/α-hetero) is 1. The van der Waals surface area contributed by atoms with E-state index in [0.717, 1.165) is 28.0 Å². The third-order valence-electron chi connectivity index (χ3n) is 5.90. The zero-order valence-corrected chi connectivity index (χ0v) is 24.6. The topological polar surface area (TPSA) is 142 Å². The molecule has 2 aromatic heterocycles. The first-order valence-electron chi connectivity index (χ1n) is 12.4. The minimum absolute atomic E-state index is 0.154. The van der Waals surface area contributed by atoms with Crippen molar-refractivity contribution in [2.24, 2.45) is 5.73 Å². The first kappa shape index (κ1) is 33.0. The Morgan fingerprint density at radius 3 is 2.36 bits per heavy atom. The number of carboxylic acid groups (broad SMARTS) is 1. The van der Waals surface area contributed by atoms with Gasteiger partial charge in [-0.3, -0.25) is 9.48 Å². The van der Waals surface area contributed by atoms with E-state index in [1.807, 2.05) is 36.4 Å². The molecule has 0 atom stereocenters. The molecule has 0 unspecified atom stereocenters. The first-order chi connectivity index (χ1) is 19.7. The van der Waals surface area contributed by atoms with Gasteiger partial charge in [0.25, 0.3) is 0 Å². The highest BCUT2D eigenvalue weighted by Gasteiger charge is 2.38. The summed E-state index contributed by atoms with van der Waals surface area (Å²) in [6, 6.07) is 16.6. The maximum atomic E-state index is 13.1. The predicted molar refractivity (Wildman–Crippen MR) is 153 cm³/mol. The second-order valence-corrected chi connectivity index (χ2v) is 12.9. The fourth-order valence-corrected chi connectivity index (χ4v) is 6.86. The highest BCUT2D eigenvalue weighted by molar-refractivity contribution is 7.92. The third-order valence-corrected chi connectivity index (χ3v) is 9.34. The Hall–Kier alpha value is -3.46. The Kier molecular flexibility index (Phi) is 11.1. The number of ether oxygens (including phenoxy) is 1. The van der Waals surface area contributed by atoms with Crippen LogP contribution in [0, 0.1) is 0 Å². The number of nitrogens with zero attached hydrogens (tertiary/aromatic N) is 2. The van der Waals surface area contributed by atoms with Crippen molar-refractivity contribution < 1.29 is 41.0 Å². The summed E-state index contributed by atoms with van der Waals surface area (Å²) in [6.45, 7) is 0.811. The second-order valence-electron chi connectivity index (χ2n) is 8.98. The molecular formula is C27H27ClF3N3O6S2. The van der Waals surface area contributed by atoms with Crippen LogP contribution >= 0.6 is 22.9 Å². The van der Waals surface area contributed by atoms with Gasteiger partial charge in [-0.1, -0.05) is 41.9 Å². The molecular weight excluding hydrogens is 619 g/mol. The van der Waals surface area contributed by atoms with Crippen LogP contribution in [0.1, 0.15) is 29.7 Å². The van der Waals surface area contributed by atoms with Crippen LogP contribution in [0.2, 0.25) is 4.34 Å². The number of benzene rings is 2. The monoisotopic (exact) mass is 645 g/mol. The molecule has 9 nitrogen and oxygen atoms in total. The van der Waals surface area contributed by atoms with Crippen molar-refractivity contribution in [1.29, 1.82) is 0 Å². The summed E-state index contributed by atoms with van der Waals surface area (Å²) in [7, 11) is -2.08. The molecule has 0 fully saturated rings. The average Bonchev–Trinajstić information content (AvgIpc) is 3.51. The Morgan fingerprint density at radius 1 is 1.10 bits per heavy atom. The van der Waals surface area contributed by atoms with Crippen LogP contribution < -0.4 is 10.5 Å². The van der Waals surface area contributed by atoms with Gasteiger partial charge in [0.2, 0.25) is 0 Å². The van der Waals surface area contributed by atoms with Crippen LogP contribution in [-0.2, 0) is 38.1 Å². The molecule has 0 aliphatic rings. The normalized spacial score (nSPS) is 11.7. The molecule has 0 spiro atoms. The van der Waals surface area contributed by atoms with Crippen molar-refractivity contribution in [2.75, 3.05) is 13.7 Å². The molecule has 0 bridgehead atoms. The van der Waals surface area contributed by atoms with E-state index in [-0.39, 0.29) is 15.7 Å². The van der Waals surface area contributed by atoms with Crippen molar-refractivity contribution in [1.82, 2.24) is 9.78 Å². The van der Waals surface area contributed by atoms with Crippen molar-refractivity contribution in [3.63, 3.8) is 0 Å². The molecule has 226 valence electrons. The Balaban J connectivity index is 0.000000616. The second kappa shape index (κ2) is 14.1. The summed E-state index contributed by atoms with van der Waals surface area (Å²) in [4.78, 5) is 20.8. The van der Waals surface area contributed by atoms with Crippen LogP contribution in [0.25, 0.3) is 10.9 Å². The molecule has 0 aliphatic heterocycles. The van der Waals surface area contributed by atoms with Crippen molar-refractivity contribution in [2.45, 2.75) is 41.9 Å². The van der Waals surface area contributed by atoms with E-state index in [0.29, 0.717) is 53.5 Å². The molecule has 4 aromatic rings. The van der Waals surface area contributed by atoms with Gasteiger partial charge < -0.3 is 15.6 Å². The Morgan fingerprint density at radius 2 is 1.76 bits per heavy atom. The number of hydrogen-bond acceptors (Lipinski definition) is 8. The number of rotatable bonds is 11. The number of nitrogens with two attached hydrogens (primary N) is 1. The molecule has 0 saturated heterocycles. The number of aryl methyl sites for hydroxylation is 1. The zero-order chi connectivity index (χ0) is 31.1. The summed E-state index contributed by atoms with van der Waals surface area (Å²) >= 11 is 7.00. The quantitative estimate of drug-likeness (QED) is 0.225. The van der Waals surface area contributed by atoms with Gasteiger partial charge >= 0.3 is 12.1 Å². The van der Waals surface area contributed by atoms with Crippen molar-refractivity contribution >= 4 is 55.4 Å². The van der Waals surface area contributed by atoms with Gasteiger partial charge in [0, 0.05) is 12.8 Å². The molecule has 2 aromatic carbocycles. The van der Waals surface area contributed by atoms with Gasteiger partial charge in [-0.05, 0) is 48.4 Å². The van der Waals surface area contributed by atoms with E-state index < -0.39 is 22.0 Å². The Labute approximate surface area is 248 Å². The van der Waals surface area contributed by atoms with E-state index in [1.165, 1.54) is 6.07 Å². The number of fused-ring (bicyclic) bond motifs is 1. The molecule has 42 heavy (non-hydrogen) atoms. The van der Waals surface area contributed by atoms with Crippen molar-refractivity contribution in [3.8, 4) is 5.75 Å². The number of hydrogen-bond donors (Lipinski definition) is 2. The van der Waals surface area contributed by atoms with E-state index >= 15 is 0 Å². The number of alkyl halides is 3. The summed E-state index contributed by atoms with van der Waals surface area (Å²) in [5.41, 5.74) is 8.72. The number of carboxylic acids is 1. The Bertz CT molecular complexity index is 1670. The number of sulfone groups is 1. The van der Waals surface area contributed by atoms with E-state index in [4.69, 9.17) is 37.1 Å². The lowest BCUT2D eigenvalue weighted by Crippen LogP contribution is -2.21. The number of thiophene rings is 1. The lowest BCUT2D eigenvalue weighted by atomic mass is 10.0. The van der Waals surface area contributed by atoms with Gasteiger partial charge in [0.15, 0.2) is 9.84 Å². The van der Waals surface area contributed by atoms with Gasteiger partial charge in [-0.2, -0.15) is 18.3 Å². The van der Waals surface area contributed by atoms with Crippen LogP contribution in [0.15, 0.2) is 58.8 Å². The lowest BCUT2D eigenvalue weighted by Gasteiger charge is -2.07. The van der Waals surface area contributed by atoms with E-state index in [1.54, 1.807) is 23.9 Å². The van der Waals surface area contributed by atoms with Crippen LogP contribution in [-0.4, -0.2) is 54.9 Å². The number of ketones is 1. The fourth-order valence-electron chi connectivity index (χ4n) is 4.01. The zero-order valence-electron chi connectivity index (χ0n) is 22.2. The summed E-state index contributed by atoms with van der Waals surface area (Å²) in [6.07, 6.45) is -3.59. The molecule has 15 heteroatoms. The molecule has 0 radical (unpaired) electrons. The number of carbonyl (C=O) groups is 2. The minimum Gasteiger partial charge on any atom is -0.496 e. The highest BCUT2D eigenvalue weighted by Crippen LogP contribution is 2.33. The van der Waals surface area contributed by atoms with Gasteiger partial charge in [-0.15, -0.1) is 11.3 Å². The van der Waals surface area contributed by atoms with Crippen LogP contribution in [0.5, 0.6) is 5.75 Å². The van der Waals surface area contributed by atoms with Gasteiger partial charge in [-0.25, -0.2) is 13.2 Å². The van der Waals surface area contributed by atoms with Crippen LogP contribution in [0.4, 0.5) is 13.2 Å². The molecule has 2 heterocycles. The number of halogens is 4. The standard InChI is InChI=1S/C25H26ClN3O4S2.C2HF3O2/c1-33-22-7-3-6-21-25(22)20(16-35(31,32)24-11-10-23(26)34-24)28-29(21)15-18-5-2-4-17(14-18)8-9-19(30)12-13-27;3-2(4,5)1(6)7/h2-7,10-11,14H,8-9,12-13,15-16,27H2,1H3;(H,6,7). The number of aliphatic carboxylic acids is 1. The fraction of sp³-hybridized carbons (Fsp3) is 0.296. The molecule has 4 rings (SSSR count). The minimum atomic E-state index is -5.08.